The van der Waals surface area contributed by atoms with Gasteiger partial charge in [-0.25, -0.2) is 4.98 Å². The summed E-state index contributed by atoms with van der Waals surface area (Å²) in [4.78, 5) is 32.2. The van der Waals surface area contributed by atoms with Crippen LogP contribution in [0.25, 0.3) is 22.0 Å². The number of anilines is 2. The van der Waals surface area contributed by atoms with Gasteiger partial charge in [0.2, 0.25) is 5.95 Å². The first-order valence-corrected chi connectivity index (χ1v) is 11.5. The molecule has 31 heavy (non-hydrogen) atoms. The highest BCUT2D eigenvalue weighted by Crippen LogP contribution is 2.31. The van der Waals surface area contributed by atoms with Crippen molar-refractivity contribution in [1.29, 1.82) is 0 Å². The summed E-state index contributed by atoms with van der Waals surface area (Å²) < 4.78 is 5.44. The zero-order valence-corrected chi connectivity index (χ0v) is 18.0. The van der Waals surface area contributed by atoms with Gasteiger partial charge in [-0.3, -0.25) is 14.8 Å². The van der Waals surface area contributed by atoms with Crippen LogP contribution in [0.3, 0.4) is 0 Å². The lowest BCUT2D eigenvalue weighted by molar-refractivity contribution is 0.122. The molecule has 5 heterocycles. The Bertz CT molecular complexity index is 1070. The molecule has 0 bridgehead atoms. The van der Waals surface area contributed by atoms with Crippen LogP contribution in [0, 0.1) is 0 Å². The monoisotopic (exact) mass is 439 g/mol. The number of nitrogens with zero attached hydrogens (tertiary/aromatic N) is 4. The molecule has 3 aromatic rings. The summed E-state index contributed by atoms with van der Waals surface area (Å²) in [6, 6.07) is 5.93. The van der Waals surface area contributed by atoms with E-state index in [2.05, 4.69) is 25.5 Å². The summed E-state index contributed by atoms with van der Waals surface area (Å²) in [5.41, 5.74) is 1.83. The van der Waals surface area contributed by atoms with Gasteiger partial charge in [0.05, 0.1) is 18.9 Å². The van der Waals surface area contributed by atoms with Crippen molar-refractivity contribution in [3.05, 3.63) is 40.1 Å². The fourth-order valence-corrected chi connectivity index (χ4v) is 4.73. The highest BCUT2D eigenvalue weighted by molar-refractivity contribution is 7.13. The minimum atomic E-state index is -0.190. The maximum absolute atomic E-state index is 13.2. The first-order valence-electron chi connectivity index (χ1n) is 10.6. The van der Waals surface area contributed by atoms with E-state index in [4.69, 9.17) is 14.7 Å². The summed E-state index contributed by atoms with van der Waals surface area (Å²) in [5.74, 6) is 1.16. The number of hydrogen-bond acceptors (Lipinski definition) is 9. The lowest BCUT2D eigenvalue weighted by Crippen LogP contribution is -2.40. The number of rotatable bonds is 5. The molecule has 1 atom stereocenters. The Kier molecular flexibility index (Phi) is 5.92. The van der Waals surface area contributed by atoms with E-state index < -0.39 is 0 Å². The molecule has 162 valence electrons. The first-order chi connectivity index (χ1) is 15.3. The van der Waals surface area contributed by atoms with Gasteiger partial charge < -0.3 is 20.3 Å². The van der Waals surface area contributed by atoms with E-state index in [0.29, 0.717) is 48.6 Å². The molecule has 0 aromatic carbocycles. The Balaban J connectivity index is 1.53. The third kappa shape index (κ3) is 4.46. The fraction of sp³-hybridized carbons (Fsp3) is 0.429. The van der Waals surface area contributed by atoms with E-state index in [1.807, 2.05) is 23.6 Å². The molecular weight excluding hydrogens is 414 g/mol. The molecule has 10 heteroatoms. The second-order valence-electron chi connectivity index (χ2n) is 7.65. The average Bonchev–Trinajstić information content (AvgIpc) is 3.30. The van der Waals surface area contributed by atoms with Crippen LogP contribution in [-0.2, 0) is 4.74 Å². The molecule has 0 spiro atoms. The van der Waals surface area contributed by atoms with Crippen LogP contribution in [-0.4, -0.2) is 65.4 Å². The van der Waals surface area contributed by atoms with E-state index in [9.17, 15) is 4.79 Å². The predicted octanol–water partition coefficient (Wildman–Crippen LogP) is 1.96. The van der Waals surface area contributed by atoms with E-state index in [1.165, 1.54) is 11.3 Å². The lowest BCUT2D eigenvalue weighted by atomic mass is 10.1. The lowest BCUT2D eigenvalue weighted by Gasteiger charge is -2.29. The molecular formula is C21H25N7O2S. The summed E-state index contributed by atoms with van der Waals surface area (Å²) in [6.07, 6.45) is 3.86. The number of piperidine rings is 1. The van der Waals surface area contributed by atoms with Crippen molar-refractivity contribution < 1.29 is 4.74 Å². The standard InChI is InChI=1S/C21H25N7O2S/c29-19-17(20-25-16(13-31-20)15-5-1-2-7-23-15)18(24-14-4-3-6-22-12-14)26-21(27-19)28-8-10-30-11-9-28/h1-2,5,7,13-14,22H,3-4,6,8-12H2,(H2,24,26,27,29). The number of aromatic nitrogens is 4. The summed E-state index contributed by atoms with van der Waals surface area (Å²) >= 11 is 1.43. The number of morpholine rings is 1. The van der Waals surface area contributed by atoms with Crippen molar-refractivity contribution >= 4 is 23.1 Å². The minimum absolute atomic E-state index is 0.190. The molecule has 5 rings (SSSR count). The fourth-order valence-electron chi connectivity index (χ4n) is 3.88. The van der Waals surface area contributed by atoms with Crippen LogP contribution in [0.2, 0.25) is 0 Å². The third-order valence-corrected chi connectivity index (χ3v) is 6.36. The van der Waals surface area contributed by atoms with Gasteiger partial charge in [-0.15, -0.1) is 11.3 Å². The van der Waals surface area contributed by atoms with Gasteiger partial charge >= 0.3 is 0 Å². The number of H-pyrrole nitrogens is 1. The topological polar surface area (TPSA) is 108 Å². The SMILES string of the molecule is O=c1[nH]c(N2CCOCC2)nc(NC2CCCNC2)c1-c1nc(-c2ccccn2)cs1. The Labute approximate surface area is 183 Å². The second kappa shape index (κ2) is 9.13. The number of nitrogens with one attached hydrogen (secondary N) is 3. The van der Waals surface area contributed by atoms with Crippen LogP contribution in [0.1, 0.15) is 12.8 Å². The van der Waals surface area contributed by atoms with Crippen molar-refractivity contribution in [1.82, 2.24) is 25.3 Å². The van der Waals surface area contributed by atoms with Crippen molar-refractivity contribution in [3.63, 3.8) is 0 Å². The molecule has 2 aliphatic heterocycles. The van der Waals surface area contributed by atoms with Gasteiger partial charge in [0.15, 0.2) is 0 Å². The highest BCUT2D eigenvalue weighted by Gasteiger charge is 2.23. The molecule has 0 aliphatic carbocycles. The smallest absolute Gasteiger partial charge is 0.264 e. The van der Waals surface area contributed by atoms with Crippen LogP contribution in [0.15, 0.2) is 34.6 Å². The molecule has 0 saturated carbocycles. The first kappa shape index (κ1) is 20.1. The molecule has 1 unspecified atom stereocenters. The molecule has 9 nitrogen and oxygen atoms in total. The minimum Gasteiger partial charge on any atom is -0.378 e. The van der Waals surface area contributed by atoms with E-state index >= 15 is 0 Å². The van der Waals surface area contributed by atoms with Gasteiger partial charge in [-0.2, -0.15) is 4.98 Å². The highest BCUT2D eigenvalue weighted by atomic mass is 32.1. The van der Waals surface area contributed by atoms with Crippen LogP contribution >= 0.6 is 11.3 Å². The Morgan fingerprint density at radius 3 is 2.87 bits per heavy atom. The van der Waals surface area contributed by atoms with Gasteiger partial charge in [0.25, 0.3) is 5.56 Å². The zero-order valence-electron chi connectivity index (χ0n) is 17.1. The summed E-state index contributed by atoms with van der Waals surface area (Å²) in [5, 5.41) is 9.49. The van der Waals surface area contributed by atoms with Crippen LogP contribution in [0.5, 0.6) is 0 Å². The van der Waals surface area contributed by atoms with E-state index in [1.54, 1.807) is 6.20 Å². The number of aromatic amines is 1. The van der Waals surface area contributed by atoms with Gasteiger partial charge in [0.1, 0.15) is 22.1 Å². The van der Waals surface area contributed by atoms with E-state index in [-0.39, 0.29) is 11.6 Å². The Hall–Kier alpha value is -2.82. The van der Waals surface area contributed by atoms with Crippen molar-refractivity contribution in [2.75, 3.05) is 49.6 Å². The maximum Gasteiger partial charge on any atom is 0.264 e. The van der Waals surface area contributed by atoms with Crippen LogP contribution < -0.4 is 21.1 Å². The number of thiazole rings is 1. The van der Waals surface area contributed by atoms with Crippen LogP contribution in [0.4, 0.5) is 11.8 Å². The number of ether oxygens (including phenoxy) is 1. The average molecular weight is 440 g/mol. The summed E-state index contributed by atoms with van der Waals surface area (Å²) in [7, 11) is 0. The second-order valence-corrected chi connectivity index (χ2v) is 8.51. The number of hydrogen-bond donors (Lipinski definition) is 3. The molecule has 0 amide bonds. The van der Waals surface area contributed by atoms with Crippen molar-refractivity contribution in [2.45, 2.75) is 18.9 Å². The number of pyridine rings is 1. The molecule has 2 saturated heterocycles. The van der Waals surface area contributed by atoms with Crippen molar-refractivity contribution in [2.24, 2.45) is 0 Å². The zero-order chi connectivity index (χ0) is 21.0. The Morgan fingerprint density at radius 1 is 1.19 bits per heavy atom. The molecule has 3 aromatic heterocycles. The van der Waals surface area contributed by atoms with Gasteiger partial charge in [-0.05, 0) is 31.5 Å². The third-order valence-electron chi connectivity index (χ3n) is 5.50. The maximum atomic E-state index is 13.2. The normalized spacial score (nSPS) is 19.4. The molecule has 2 aliphatic rings. The molecule has 0 radical (unpaired) electrons. The van der Waals surface area contributed by atoms with Crippen molar-refractivity contribution in [3.8, 4) is 22.0 Å². The Morgan fingerprint density at radius 2 is 2.10 bits per heavy atom. The molecule has 3 N–H and O–H groups in total. The van der Waals surface area contributed by atoms with E-state index in [0.717, 1.165) is 37.3 Å². The van der Waals surface area contributed by atoms with Gasteiger partial charge in [-0.1, -0.05) is 6.07 Å². The largest absolute Gasteiger partial charge is 0.378 e. The predicted molar refractivity (Wildman–Crippen MR) is 122 cm³/mol. The van der Waals surface area contributed by atoms with Gasteiger partial charge in [0, 0.05) is 37.3 Å². The quantitative estimate of drug-likeness (QED) is 0.554. The molecule has 2 fully saturated rings. The summed E-state index contributed by atoms with van der Waals surface area (Å²) in [6.45, 7) is 4.52.